The zero-order valence-electron chi connectivity index (χ0n) is 18.9. The molecule has 2 atom stereocenters. The van der Waals surface area contributed by atoms with Crippen LogP contribution in [0.3, 0.4) is 0 Å². The molecule has 1 aliphatic rings. The molecule has 0 saturated carbocycles. The number of rotatable bonds is 11. The fourth-order valence-electron chi connectivity index (χ4n) is 3.73. The largest absolute Gasteiger partial charge is 0.467 e. The van der Waals surface area contributed by atoms with Crippen molar-refractivity contribution in [3.05, 3.63) is 35.9 Å². The number of hydrogen-bond donors (Lipinski definition) is 3. The predicted octanol–water partition coefficient (Wildman–Crippen LogP) is 1.43. The van der Waals surface area contributed by atoms with Crippen molar-refractivity contribution in [1.82, 2.24) is 16.0 Å². The number of hydrogen-bond acceptors (Lipinski definition) is 6. The minimum absolute atomic E-state index is 0.119. The van der Waals surface area contributed by atoms with Crippen molar-refractivity contribution in [3.63, 3.8) is 0 Å². The van der Waals surface area contributed by atoms with Gasteiger partial charge in [-0.1, -0.05) is 44.2 Å². The van der Waals surface area contributed by atoms with E-state index in [9.17, 15) is 19.2 Å². The maximum Gasteiger partial charge on any atom is 0.328 e. The van der Waals surface area contributed by atoms with E-state index in [1.165, 1.54) is 7.11 Å². The molecule has 1 aromatic rings. The number of carbonyl (C=O) groups is 4. The lowest BCUT2D eigenvalue weighted by Crippen LogP contribution is -2.62. The molecule has 8 nitrogen and oxygen atoms in total. The van der Waals surface area contributed by atoms with Gasteiger partial charge in [-0.05, 0) is 42.2 Å². The Kier molecular flexibility index (Phi) is 10.0. The Bertz CT molecular complexity index is 781. The highest BCUT2D eigenvalue weighted by atomic mass is 32.2. The Morgan fingerprint density at radius 2 is 1.75 bits per heavy atom. The summed E-state index contributed by atoms with van der Waals surface area (Å²) in [4.78, 5) is 49.8. The lowest BCUT2D eigenvalue weighted by molar-refractivity contribution is -0.145. The van der Waals surface area contributed by atoms with Crippen LogP contribution in [0.15, 0.2) is 30.3 Å². The molecule has 0 bridgehead atoms. The molecular weight excluding hydrogens is 430 g/mol. The van der Waals surface area contributed by atoms with Gasteiger partial charge in [-0.15, -0.1) is 0 Å². The highest BCUT2D eigenvalue weighted by Gasteiger charge is 2.41. The van der Waals surface area contributed by atoms with Crippen molar-refractivity contribution in [1.29, 1.82) is 0 Å². The van der Waals surface area contributed by atoms with Gasteiger partial charge in [0.25, 0.3) is 0 Å². The summed E-state index contributed by atoms with van der Waals surface area (Å²) >= 11 is 1.72. The Morgan fingerprint density at radius 1 is 1.09 bits per heavy atom. The van der Waals surface area contributed by atoms with Crippen molar-refractivity contribution in [2.24, 2.45) is 5.92 Å². The van der Waals surface area contributed by atoms with Crippen molar-refractivity contribution in [2.75, 3.05) is 18.6 Å². The SMILES string of the molecule is COC(=O)[C@H](Cc1ccccc1)NC(=O)[C@H](CC(C)C)NC(=O)C1(NC=O)CCSCC1. The minimum Gasteiger partial charge on any atom is -0.467 e. The highest BCUT2D eigenvalue weighted by Crippen LogP contribution is 2.27. The first-order chi connectivity index (χ1) is 15.3. The molecular formula is C23H33N3O5S. The van der Waals surface area contributed by atoms with Crippen LogP contribution in [0.2, 0.25) is 0 Å². The summed E-state index contributed by atoms with van der Waals surface area (Å²) in [5, 5.41) is 8.27. The van der Waals surface area contributed by atoms with Gasteiger partial charge in [0.15, 0.2) is 0 Å². The minimum atomic E-state index is -1.02. The van der Waals surface area contributed by atoms with Gasteiger partial charge in [0.1, 0.15) is 17.6 Å². The first-order valence-corrected chi connectivity index (χ1v) is 12.0. The van der Waals surface area contributed by atoms with Crippen molar-refractivity contribution in [2.45, 2.75) is 57.2 Å². The maximum atomic E-state index is 13.2. The molecule has 9 heteroatoms. The second-order valence-corrected chi connectivity index (χ2v) is 9.61. The molecule has 0 aromatic heterocycles. The highest BCUT2D eigenvalue weighted by molar-refractivity contribution is 7.99. The molecule has 1 heterocycles. The summed E-state index contributed by atoms with van der Waals surface area (Å²) in [6, 6.07) is 7.59. The molecule has 0 unspecified atom stereocenters. The lowest BCUT2D eigenvalue weighted by atomic mass is 9.90. The second-order valence-electron chi connectivity index (χ2n) is 8.39. The Labute approximate surface area is 193 Å². The number of benzene rings is 1. The van der Waals surface area contributed by atoms with Crippen LogP contribution in [0.1, 0.15) is 38.7 Å². The summed E-state index contributed by atoms with van der Waals surface area (Å²) in [5.41, 5.74) is -0.143. The fourth-order valence-corrected chi connectivity index (χ4v) is 4.92. The summed E-state index contributed by atoms with van der Waals surface area (Å²) in [6.45, 7) is 3.90. The molecule has 0 radical (unpaired) electrons. The molecule has 176 valence electrons. The summed E-state index contributed by atoms with van der Waals surface area (Å²) in [6.07, 6.45) is 2.20. The van der Waals surface area contributed by atoms with E-state index in [1.807, 2.05) is 44.2 Å². The number of esters is 1. The normalized spacial score (nSPS) is 17.0. The van der Waals surface area contributed by atoms with Crippen LogP contribution in [-0.2, 0) is 30.3 Å². The van der Waals surface area contributed by atoms with Crippen molar-refractivity contribution >= 4 is 36.0 Å². The number of carbonyl (C=O) groups excluding carboxylic acids is 4. The van der Waals surface area contributed by atoms with E-state index in [4.69, 9.17) is 4.74 Å². The van der Waals surface area contributed by atoms with Gasteiger partial charge >= 0.3 is 5.97 Å². The number of nitrogens with one attached hydrogen (secondary N) is 3. The molecule has 3 N–H and O–H groups in total. The lowest BCUT2D eigenvalue weighted by Gasteiger charge is -2.36. The van der Waals surface area contributed by atoms with Crippen LogP contribution >= 0.6 is 11.8 Å². The zero-order valence-corrected chi connectivity index (χ0v) is 19.7. The molecule has 0 spiro atoms. The quantitative estimate of drug-likeness (QED) is 0.338. The van der Waals surface area contributed by atoms with Gasteiger partial charge in [-0.2, -0.15) is 11.8 Å². The predicted molar refractivity (Wildman–Crippen MR) is 124 cm³/mol. The summed E-state index contributed by atoms with van der Waals surface area (Å²) in [7, 11) is 1.27. The number of ether oxygens (including phenoxy) is 1. The number of methoxy groups -OCH3 is 1. The third kappa shape index (κ3) is 7.25. The van der Waals surface area contributed by atoms with Gasteiger partial charge < -0.3 is 20.7 Å². The third-order valence-corrected chi connectivity index (χ3v) is 6.52. The number of thioether (sulfide) groups is 1. The van der Waals surface area contributed by atoms with Crippen LogP contribution < -0.4 is 16.0 Å². The van der Waals surface area contributed by atoms with E-state index in [0.29, 0.717) is 25.7 Å². The summed E-state index contributed by atoms with van der Waals surface area (Å²) < 4.78 is 4.88. The molecule has 1 saturated heterocycles. The fraction of sp³-hybridized carbons (Fsp3) is 0.565. The molecule has 32 heavy (non-hydrogen) atoms. The molecule has 2 rings (SSSR count). The second kappa shape index (κ2) is 12.5. The van der Waals surface area contributed by atoms with Crippen molar-refractivity contribution < 1.29 is 23.9 Å². The van der Waals surface area contributed by atoms with Crippen LogP contribution in [0.25, 0.3) is 0 Å². The van der Waals surface area contributed by atoms with Gasteiger partial charge in [0.05, 0.1) is 7.11 Å². The monoisotopic (exact) mass is 463 g/mol. The Hall–Kier alpha value is -2.55. The third-order valence-electron chi connectivity index (χ3n) is 5.53. The van der Waals surface area contributed by atoms with Gasteiger partial charge in [-0.25, -0.2) is 4.79 Å². The van der Waals surface area contributed by atoms with E-state index in [1.54, 1.807) is 11.8 Å². The average molecular weight is 464 g/mol. The Morgan fingerprint density at radius 3 is 2.31 bits per heavy atom. The van der Waals surface area contributed by atoms with Gasteiger partial charge in [0.2, 0.25) is 18.2 Å². The molecule has 1 aliphatic heterocycles. The van der Waals surface area contributed by atoms with Crippen LogP contribution in [0.4, 0.5) is 0 Å². The van der Waals surface area contributed by atoms with E-state index in [-0.39, 0.29) is 18.2 Å². The van der Waals surface area contributed by atoms with Gasteiger partial charge in [-0.3, -0.25) is 14.4 Å². The average Bonchev–Trinajstić information content (AvgIpc) is 2.78. The van der Waals surface area contributed by atoms with E-state index in [0.717, 1.165) is 17.1 Å². The van der Waals surface area contributed by atoms with E-state index < -0.39 is 29.5 Å². The summed E-state index contributed by atoms with van der Waals surface area (Å²) in [5.74, 6) is 0.232. The molecule has 1 aromatic carbocycles. The molecule has 0 aliphatic carbocycles. The van der Waals surface area contributed by atoms with Crippen LogP contribution in [0.5, 0.6) is 0 Å². The molecule has 1 fully saturated rings. The van der Waals surface area contributed by atoms with Gasteiger partial charge in [0, 0.05) is 6.42 Å². The van der Waals surface area contributed by atoms with E-state index >= 15 is 0 Å². The number of amides is 3. The maximum absolute atomic E-state index is 13.2. The standard InChI is InChI=1S/C23H33N3O5S/c1-16(2)13-18(26-22(30)23(24-15-27)9-11-32-12-10-23)20(28)25-19(21(29)31-3)14-17-7-5-4-6-8-17/h4-8,15-16,18-19H,9-14H2,1-3H3,(H,24,27)(H,25,28)(H,26,30)/t18-,19-/m0/s1. The molecule has 3 amide bonds. The smallest absolute Gasteiger partial charge is 0.328 e. The topological polar surface area (TPSA) is 114 Å². The van der Waals surface area contributed by atoms with Crippen LogP contribution in [-0.4, -0.2) is 60.4 Å². The first-order valence-electron chi connectivity index (χ1n) is 10.8. The van der Waals surface area contributed by atoms with E-state index in [2.05, 4.69) is 16.0 Å². The first kappa shape index (κ1) is 25.7. The van der Waals surface area contributed by atoms with Crippen molar-refractivity contribution in [3.8, 4) is 0 Å². The Balaban J connectivity index is 2.16. The zero-order chi connectivity index (χ0) is 23.6. The van der Waals surface area contributed by atoms with Crippen LogP contribution in [0, 0.1) is 5.92 Å².